The van der Waals surface area contributed by atoms with E-state index < -0.39 is 0 Å². The lowest BCUT2D eigenvalue weighted by atomic mass is 9.94. The van der Waals surface area contributed by atoms with Gasteiger partial charge in [0.2, 0.25) is 0 Å². The molecule has 108 valence electrons. The van der Waals surface area contributed by atoms with Crippen molar-refractivity contribution in [2.45, 2.75) is 64.3 Å². The summed E-state index contributed by atoms with van der Waals surface area (Å²) < 4.78 is 5.56. The normalized spacial score (nSPS) is 18.9. The minimum absolute atomic E-state index is 0.0557. The molecule has 1 aromatic heterocycles. The van der Waals surface area contributed by atoms with E-state index in [1.54, 1.807) is 0 Å². The zero-order chi connectivity index (χ0) is 13.7. The van der Waals surface area contributed by atoms with Crippen LogP contribution in [0, 0.1) is 0 Å². The van der Waals surface area contributed by atoms with E-state index in [1.165, 1.54) is 32.1 Å². The molecule has 0 aromatic carbocycles. The average molecular weight is 267 g/mol. The van der Waals surface area contributed by atoms with Crippen molar-refractivity contribution in [2.24, 2.45) is 0 Å². The van der Waals surface area contributed by atoms with Crippen LogP contribution in [0.1, 0.15) is 50.5 Å². The van der Waals surface area contributed by atoms with E-state index in [9.17, 15) is 5.11 Å². The number of furan rings is 1. The summed E-state index contributed by atoms with van der Waals surface area (Å²) in [4.78, 5) is 2.32. The van der Waals surface area contributed by atoms with Gasteiger partial charge in [0, 0.05) is 12.6 Å². The second kappa shape index (κ2) is 7.08. The Balaban J connectivity index is 1.99. The summed E-state index contributed by atoms with van der Waals surface area (Å²) in [5.74, 6) is 1.48. The highest BCUT2D eigenvalue weighted by molar-refractivity contribution is 5.06. The van der Waals surface area contributed by atoms with Crippen LogP contribution in [0.3, 0.4) is 0 Å². The van der Waals surface area contributed by atoms with E-state index >= 15 is 0 Å². The van der Waals surface area contributed by atoms with Crippen molar-refractivity contribution in [3.05, 3.63) is 23.7 Å². The van der Waals surface area contributed by atoms with Crippen molar-refractivity contribution in [1.29, 1.82) is 0 Å². The van der Waals surface area contributed by atoms with E-state index in [0.29, 0.717) is 18.3 Å². The number of hydrogen-bond donors (Lipinski definition) is 2. The Bertz CT molecular complexity index is 369. The Morgan fingerprint density at radius 2 is 1.95 bits per heavy atom. The number of aliphatic hydroxyl groups is 2. The smallest absolute Gasteiger partial charge is 0.129 e. The van der Waals surface area contributed by atoms with Gasteiger partial charge < -0.3 is 14.6 Å². The summed E-state index contributed by atoms with van der Waals surface area (Å²) in [5.41, 5.74) is 0. The summed E-state index contributed by atoms with van der Waals surface area (Å²) in [6, 6.07) is 4.28. The van der Waals surface area contributed by atoms with Crippen LogP contribution in [0.2, 0.25) is 0 Å². The molecule has 0 bridgehead atoms. The molecule has 0 saturated heterocycles. The van der Waals surface area contributed by atoms with Gasteiger partial charge in [-0.05, 0) is 31.9 Å². The second-order valence-corrected chi connectivity index (χ2v) is 5.60. The fraction of sp³-hybridized carbons (Fsp3) is 0.733. The van der Waals surface area contributed by atoms with Gasteiger partial charge in [-0.2, -0.15) is 0 Å². The van der Waals surface area contributed by atoms with Crippen molar-refractivity contribution >= 4 is 0 Å². The van der Waals surface area contributed by atoms with Crippen LogP contribution in [-0.4, -0.2) is 33.8 Å². The average Bonchev–Trinajstić information content (AvgIpc) is 2.86. The summed E-state index contributed by atoms with van der Waals surface area (Å²) in [7, 11) is 0. The van der Waals surface area contributed by atoms with Crippen molar-refractivity contribution in [3.63, 3.8) is 0 Å². The van der Waals surface area contributed by atoms with Crippen LogP contribution in [-0.2, 0) is 13.2 Å². The molecule has 0 radical (unpaired) electrons. The number of aliphatic hydroxyl groups excluding tert-OH is 2. The summed E-state index contributed by atoms with van der Waals surface area (Å²) >= 11 is 0. The molecule has 0 amide bonds. The number of nitrogens with zero attached hydrogens (tertiary/aromatic N) is 1. The van der Waals surface area contributed by atoms with Crippen LogP contribution in [0.5, 0.6) is 0 Å². The predicted octanol–water partition coefficient (Wildman–Crippen LogP) is 2.29. The molecule has 1 atom stereocenters. The van der Waals surface area contributed by atoms with Crippen LogP contribution in [0.15, 0.2) is 16.5 Å². The molecule has 4 heteroatoms. The standard InChI is InChI=1S/C15H25NO3/c1-12(18)9-16(13-5-3-2-4-6-13)10-14-7-8-15(11-17)19-14/h7-8,12-13,17-18H,2-6,9-11H2,1H3. The zero-order valence-electron chi connectivity index (χ0n) is 11.7. The summed E-state index contributed by atoms with van der Waals surface area (Å²) in [5, 5.41) is 18.7. The maximum absolute atomic E-state index is 9.67. The van der Waals surface area contributed by atoms with Crippen molar-refractivity contribution in [2.75, 3.05) is 6.54 Å². The Hall–Kier alpha value is -0.840. The van der Waals surface area contributed by atoms with Gasteiger partial charge in [-0.15, -0.1) is 0 Å². The Kier molecular flexibility index (Phi) is 5.43. The van der Waals surface area contributed by atoms with E-state index in [-0.39, 0.29) is 12.7 Å². The Labute approximate surface area is 115 Å². The molecule has 1 aliphatic carbocycles. The fourth-order valence-electron chi connectivity index (χ4n) is 2.92. The molecule has 19 heavy (non-hydrogen) atoms. The highest BCUT2D eigenvalue weighted by atomic mass is 16.4. The Morgan fingerprint density at radius 1 is 1.26 bits per heavy atom. The maximum atomic E-state index is 9.67. The first-order chi connectivity index (χ1) is 9.19. The highest BCUT2D eigenvalue weighted by Crippen LogP contribution is 2.24. The van der Waals surface area contributed by atoms with Gasteiger partial charge in [-0.25, -0.2) is 0 Å². The molecule has 4 nitrogen and oxygen atoms in total. The molecule has 1 fully saturated rings. The number of rotatable bonds is 6. The third kappa shape index (κ3) is 4.34. The van der Waals surface area contributed by atoms with Gasteiger partial charge >= 0.3 is 0 Å². The molecular formula is C15H25NO3. The third-order valence-electron chi connectivity index (χ3n) is 3.82. The predicted molar refractivity (Wildman–Crippen MR) is 73.6 cm³/mol. The Morgan fingerprint density at radius 3 is 2.53 bits per heavy atom. The lowest BCUT2D eigenvalue weighted by Crippen LogP contribution is -2.40. The first-order valence-corrected chi connectivity index (χ1v) is 7.29. The molecule has 1 aromatic rings. The quantitative estimate of drug-likeness (QED) is 0.830. The van der Waals surface area contributed by atoms with E-state index in [1.807, 2.05) is 19.1 Å². The molecule has 2 rings (SSSR count). The van der Waals surface area contributed by atoms with Gasteiger partial charge in [-0.3, -0.25) is 4.90 Å². The van der Waals surface area contributed by atoms with E-state index in [2.05, 4.69) is 4.90 Å². The van der Waals surface area contributed by atoms with Crippen molar-refractivity contribution in [3.8, 4) is 0 Å². The first-order valence-electron chi connectivity index (χ1n) is 7.29. The summed E-state index contributed by atoms with van der Waals surface area (Å²) in [6.07, 6.45) is 5.98. The van der Waals surface area contributed by atoms with Crippen LogP contribution in [0.25, 0.3) is 0 Å². The largest absolute Gasteiger partial charge is 0.462 e. The molecule has 0 aliphatic heterocycles. The SMILES string of the molecule is CC(O)CN(Cc1ccc(CO)o1)C1CCCCC1. The van der Waals surface area contributed by atoms with Crippen molar-refractivity contribution < 1.29 is 14.6 Å². The van der Waals surface area contributed by atoms with Gasteiger partial charge in [0.25, 0.3) is 0 Å². The highest BCUT2D eigenvalue weighted by Gasteiger charge is 2.23. The molecule has 1 unspecified atom stereocenters. The lowest BCUT2D eigenvalue weighted by molar-refractivity contribution is 0.0710. The van der Waals surface area contributed by atoms with Gasteiger partial charge in [0.05, 0.1) is 12.6 Å². The topological polar surface area (TPSA) is 56.8 Å². The van der Waals surface area contributed by atoms with Gasteiger partial charge in [0.1, 0.15) is 18.1 Å². The molecule has 1 aliphatic rings. The van der Waals surface area contributed by atoms with Crippen molar-refractivity contribution in [1.82, 2.24) is 4.90 Å². The third-order valence-corrected chi connectivity index (χ3v) is 3.82. The zero-order valence-corrected chi connectivity index (χ0v) is 11.7. The molecular weight excluding hydrogens is 242 g/mol. The fourth-order valence-corrected chi connectivity index (χ4v) is 2.92. The van der Waals surface area contributed by atoms with Crippen LogP contribution in [0.4, 0.5) is 0 Å². The minimum atomic E-state index is -0.325. The van der Waals surface area contributed by atoms with E-state index in [0.717, 1.165) is 12.3 Å². The van der Waals surface area contributed by atoms with Crippen LogP contribution < -0.4 is 0 Å². The monoisotopic (exact) mass is 267 g/mol. The first kappa shape index (κ1) is 14.6. The van der Waals surface area contributed by atoms with Crippen LogP contribution >= 0.6 is 0 Å². The molecule has 0 spiro atoms. The van der Waals surface area contributed by atoms with E-state index in [4.69, 9.17) is 9.52 Å². The minimum Gasteiger partial charge on any atom is -0.462 e. The second-order valence-electron chi connectivity index (χ2n) is 5.60. The molecule has 2 N–H and O–H groups in total. The lowest BCUT2D eigenvalue weighted by Gasteiger charge is -2.34. The summed E-state index contributed by atoms with van der Waals surface area (Å²) in [6.45, 7) is 3.17. The maximum Gasteiger partial charge on any atom is 0.129 e. The van der Waals surface area contributed by atoms with Gasteiger partial charge in [0.15, 0.2) is 0 Å². The number of hydrogen-bond acceptors (Lipinski definition) is 4. The molecule has 1 saturated carbocycles. The molecule has 1 heterocycles. The van der Waals surface area contributed by atoms with Gasteiger partial charge in [-0.1, -0.05) is 19.3 Å².